The van der Waals surface area contributed by atoms with Gasteiger partial charge in [0.25, 0.3) is 0 Å². The van der Waals surface area contributed by atoms with E-state index in [1.165, 1.54) is 0 Å². The third-order valence-electron chi connectivity index (χ3n) is 3.48. The molecular formula is C16H17NO3S. The van der Waals surface area contributed by atoms with Gasteiger partial charge in [-0.2, -0.15) is 0 Å². The van der Waals surface area contributed by atoms with Gasteiger partial charge >= 0.3 is 0 Å². The largest absolute Gasteiger partial charge is 0.493 e. The molecule has 21 heavy (non-hydrogen) atoms. The zero-order valence-corrected chi connectivity index (χ0v) is 12.3. The molecule has 5 heteroatoms. The summed E-state index contributed by atoms with van der Waals surface area (Å²) in [5.74, 6) is 0.754. The summed E-state index contributed by atoms with van der Waals surface area (Å²) in [4.78, 5) is 0. The lowest BCUT2D eigenvalue weighted by molar-refractivity contribution is 0.263. The van der Waals surface area contributed by atoms with Crippen molar-refractivity contribution >= 4 is 10.0 Å². The van der Waals surface area contributed by atoms with E-state index in [0.717, 1.165) is 16.9 Å². The van der Waals surface area contributed by atoms with Crippen LogP contribution < -0.4 is 9.46 Å². The number of sulfonamides is 1. The molecule has 0 fully saturated rings. The first kappa shape index (κ1) is 14.1. The summed E-state index contributed by atoms with van der Waals surface area (Å²) >= 11 is 0. The van der Waals surface area contributed by atoms with Crippen molar-refractivity contribution in [1.82, 2.24) is 4.72 Å². The van der Waals surface area contributed by atoms with Gasteiger partial charge in [-0.25, -0.2) is 13.1 Å². The molecule has 110 valence electrons. The van der Waals surface area contributed by atoms with Crippen LogP contribution in [0.4, 0.5) is 0 Å². The number of ether oxygens (including phenoxy) is 1. The summed E-state index contributed by atoms with van der Waals surface area (Å²) in [6, 6.07) is 16.5. The van der Waals surface area contributed by atoms with Crippen LogP contribution in [0, 0.1) is 0 Å². The Morgan fingerprint density at radius 3 is 2.57 bits per heavy atom. The number of benzene rings is 2. The van der Waals surface area contributed by atoms with E-state index >= 15 is 0 Å². The molecule has 0 saturated carbocycles. The minimum absolute atomic E-state index is 0.00658. The SMILES string of the molecule is O=S(=O)(Cc1ccccc1)NC1CCOc2ccccc21. The van der Waals surface area contributed by atoms with Gasteiger partial charge in [0, 0.05) is 12.0 Å². The lowest BCUT2D eigenvalue weighted by Gasteiger charge is -2.26. The van der Waals surface area contributed by atoms with Gasteiger partial charge in [0.15, 0.2) is 0 Å². The van der Waals surface area contributed by atoms with E-state index in [4.69, 9.17) is 4.74 Å². The van der Waals surface area contributed by atoms with Crippen molar-refractivity contribution in [2.75, 3.05) is 6.61 Å². The Balaban J connectivity index is 1.78. The molecule has 0 spiro atoms. The molecule has 1 N–H and O–H groups in total. The average Bonchev–Trinajstić information content (AvgIpc) is 2.48. The molecule has 1 atom stereocenters. The van der Waals surface area contributed by atoms with Crippen molar-refractivity contribution in [2.24, 2.45) is 0 Å². The fraction of sp³-hybridized carbons (Fsp3) is 0.250. The average molecular weight is 303 g/mol. The second-order valence-corrected chi connectivity index (χ2v) is 6.84. The molecule has 0 radical (unpaired) electrons. The maximum atomic E-state index is 12.3. The van der Waals surface area contributed by atoms with Gasteiger partial charge in [0.05, 0.1) is 18.4 Å². The van der Waals surface area contributed by atoms with Gasteiger partial charge in [-0.15, -0.1) is 0 Å². The van der Waals surface area contributed by atoms with Crippen LogP contribution in [-0.4, -0.2) is 15.0 Å². The van der Waals surface area contributed by atoms with E-state index in [-0.39, 0.29) is 11.8 Å². The summed E-state index contributed by atoms with van der Waals surface area (Å²) in [5, 5.41) is 0. The first-order chi connectivity index (χ1) is 10.1. The number of fused-ring (bicyclic) bond motifs is 1. The second-order valence-electron chi connectivity index (χ2n) is 5.09. The molecule has 1 heterocycles. The highest BCUT2D eigenvalue weighted by atomic mass is 32.2. The zero-order chi connectivity index (χ0) is 14.7. The third kappa shape index (κ3) is 3.43. The smallest absolute Gasteiger partial charge is 0.216 e. The van der Waals surface area contributed by atoms with E-state index in [1.54, 1.807) is 0 Å². The standard InChI is InChI=1S/C16H17NO3S/c18-21(19,12-13-6-2-1-3-7-13)17-15-10-11-20-16-9-5-4-8-14(15)16/h1-9,15,17H,10-12H2. The Hall–Kier alpha value is -1.85. The normalized spacial score (nSPS) is 17.8. The number of rotatable bonds is 4. The summed E-state index contributed by atoms with van der Waals surface area (Å²) < 4.78 is 33.0. The van der Waals surface area contributed by atoms with E-state index in [1.807, 2.05) is 54.6 Å². The van der Waals surface area contributed by atoms with Crippen molar-refractivity contribution in [3.63, 3.8) is 0 Å². The first-order valence-corrected chi connectivity index (χ1v) is 8.55. The molecule has 1 unspecified atom stereocenters. The van der Waals surface area contributed by atoms with Crippen molar-refractivity contribution in [3.05, 3.63) is 65.7 Å². The van der Waals surface area contributed by atoms with Crippen molar-refractivity contribution in [2.45, 2.75) is 18.2 Å². The second kappa shape index (κ2) is 5.87. The molecule has 0 saturated heterocycles. The maximum Gasteiger partial charge on any atom is 0.216 e. The molecule has 0 bridgehead atoms. The van der Waals surface area contributed by atoms with Gasteiger partial charge in [-0.05, 0) is 11.6 Å². The number of para-hydroxylation sites is 1. The molecule has 2 aromatic rings. The van der Waals surface area contributed by atoms with E-state index in [0.29, 0.717) is 13.0 Å². The number of nitrogens with one attached hydrogen (secondary N) is 1. The van der Waals surface area contributed by atoms with Crippen molar-refractivity contribution in [1.29, 1.82) is 0 Å². The Labute approximate surface area is 124 Å². The van der Waals surface area contributed by atoms with Crippen LogP contribution in [0.2, 0.25) is 0 Å². The van der Waals surface area contributed by atoms with E-state index < -0.39 is 10.0 Å². The molecule has 1 aliphatic heterocycles. The molecule has 2 aromatic carbocycles. The summed E-state index contributed by atoms with van der Waals surface area (Å²) in [7, 11) is -3.38. The molecule has 0 aliphatic carbocycles. The molecule has 0 aromatic heterocycles. The Kier molecular flexibility index (Phi) is 3.94. The van der Waals surface area contributed by atoms with Crippen LogP contribution in [0.1, 0.15) is 23.6 Å². The van der Waals surface area contributed by atoms with Crippen LogP contribution in [0.5, 0.6) is 5.75 Å². The third-order valence-corrected chi connectivity index (χ3v) is 4.84. The van der Waals surface area contributed by atoms with Gasteiger partial charge in [0.2, 0.25) is 10.0 Å². The Bertz CT molecular complexity index is 713. The van der Waals surface area contributed by atoms with Gasteiger partial charge in [-0.1, -0.05) is 48.5 Å². The van der Waals surface area contributed by atoms with Crippen LogP contribution in [0.25, 0.3) is 0 Å². The van der Waals surface area contributed by atoms with Crippen LogP contribution >= 0.6 is 0 Å². The minimum atomic E-state index is -3.38. The highest BCUT2D eigenvalue weighted by molar-refractivity contribution is 7.88. The van der Waals surface area contributed by atoms with E-state index in [9.17, 15) is 8.42 Å². The van der Waals surface area contributed by atoms with Gasteiger partial charge in [-0.3, -0.25) is 0 Å². The van der Waals surface area contributed by atoms with Crippen LogP contribution in [0.3, 0.4) is 0 Å². The van der Waals surface area contributed by atoms with E-state index in [2.05, 4.69) is 4.72 Å². The highest BCUT2D eigenvalue weighted by Gasteiger charge is 2.25. The van der Waals surface area contributed by atoms with Crippen LogP contribution in [-0.2, 0) is 15.8 Å². The summed E-state index contributed by atoms with van der Waals surface area (Å²) in [6.07, 6.45) is 0.644. The molecule has 3 rings (SSSR count). The molecule has 0 amide bonds. The number of hydrogen-bond donors (Lipinski definition) is 1. The monoisotopic (exact) mass is 303 g/mol. The van der Waals surface area contributed by atoms with Gasteiger partial charge < -0.3 is 4.74 Å². The fourth-order valence-corrected chi connectivity index (χ4v) is 3.91. The predicted octanol–water partition coefficient (Wildman–Crippen LogP) is 2.63. The Morgan fingerprint density at radius 1 is 1.05 bits per heavy atom. The lowest BCUT2D eigenvalue weighted by atomic mass is 10.0. The quantitative estimate of drug-likeness (QED) is 0.944. The Morgan fingerprint density at radius 2 is 1.76 bits per heavy atom. The minimum Gasteiger partial charge on any atom is -0.493 e. The maximum absolute atomic E-state index is 12.3. The molecule has 1 aliphatic rings. The van der Waals surface area contributed by atoms with Crippen LogP contribution in [0.15, 0.2) is 54.6 Å². The fourth-order valence-electron chi connectivity index (χ4n) is 2.52. The van der Waals surface area contributed by atoms with Gasteiger partial charge in [0.1, 0.15) is 5.75 Å². The summed E-state index contributed by atoms with van der Waals surface area (Å²) in [5.41, 5.74) is 1.69. The zero-order valence-electron chi connectivity index (χ0n) is 11.5. The topological polar surface area (TPSA) is 55.4 Å². The van der Waals surface area contributed by atoms with Crippen molar-refractivity contribution < 1.29 is 13.2 Å². The van der Waals surface area contributed by atoms with Crippen molar-refractivity contribution in [3.8, 4) is 5.75 Å². The molecule has 4 nitrogen and oxygen atoms in total. The summed E-state index contributed by atoms with van der Waals surface area (Å²) in [6.45, 7) is 0.523. The number of hydrogen-bond acceptors (Lipinski definition) is 3. The highest BCUT2D eigenvalue weighted by Crippen LogP contribution is 2.32. The predicted molar refractivity (Wildman–Crippen MR) is 81.5 cm³/mol. The molecular weight excluding hydrogens is 286 g/mol. The first-order valence-electron chi connectivity index (χ1n) is 6.90. The lowest BCUT2D eigenvalue weighted by Crippen LogP contribution is -2.33.